The molecule has 120 valence electrons. The minimum absolute atomic E-state index is 0.00224. The number of carbonyl (C=O) groups excluding carboxylic acids is 2. The second kappa shape index (κ2) is 7.29. The number of benzene rings is 1. The van der Waals surface area contributed by atoms with Gasteiger partial charge in [0, 0.05) is 38.3 Å². The van der Waals surface area contributed by atoms with Crippen molar-refractivity contribution >= 4 is 17.5 Å². The molecule has 0 aliphatic carbocycles. The third-order valence-electron chi connectivity index (χ3n) is 4.31. The van der Waals surface area contributed by atoms with Gasteiger partial charge in [-0.25, -0.2) is 0 Å². The van der Waals surface area contributed by atoms with Crippen LogP contribution in [0.3, 0.4) is 0 Å². The number of carbonyl (C=O) groups is 2. The highest BCUT2D eigenvalue weighted by atomic mass is 16.2. The Hall–Kier alpha value is -2.04. The maximum atomic E-state index is 12.1. The molecule has 0 atom stereocenters. The average Bonchev–Trinajstić information content (AvgIpc) is 2.55. The highest BCUT2D eigenvalue weighted by molar-refractivity contribution is 5.84. The summed E-state index contributed by atoms with van der Waals surface area (Å²) in [5.74, 6) is -0.0789. The quantitative estimate of drug-likeness (QED) is 0.916. The molecule has 1 aromatic rings. The Kier molecular flexibility index (Phi) is 5.41. The van der Waals surface area contributed by atoms with E-state index in [4.69, 9.17) is 0 Å². The molecule has 5 heteroatoms. The van der Waals surface area contributed by atoms with Gasteiger partial charge in [0.1, 0.15) is 0 Å². The number of rotatable bonds is 4. The van der Waals surface area contributed by atoms with Crippen LogP contribution in [0.4, 0.5) is 5.69 Å². The Morgan fingerprint density at radius 3 is 2.45 bits per heavy atom. The number of anilines is 1. The first kappa shape index (κ1) is 16.3. The first-order valence-electron chi connectivity index (χ1n) is 7.88. The van der Waals surface area contributed by atoms with Gasteiger partial charge in [0.2, 0.25) is 11.8 Å². The van der Waals surface area contributed by atoms with E-state index in [1.54, 1.807) is 6.92 Å². The minimum atomic E-state index is -0.0811. The Morgan fingerprint density at radius 1 is 1.14 bits per heavy atom. The summed E-state index contributed by atoms with van der Waals surface area (Å²) in [5.41, 5.74) is 3.85. The zero-order chi connectivity index (χ0) is 16.1. The number of aryl methyl sites for hydroxylation is 1. The van der Waals surface area contributed by atoms with Gasteiger partial charge in [-0.1, -0.05) is 19.1 Å². The van der Waals surface area contributed by atoms with Crippen LogP contribution in [-0.2, 0) is 9.59 Å². The lowest BCUT2D eigenvalue weighted by atomic mass is 10.1. The molecule has 1 N–H and O–H groups in total. The van der Waals surface area contributed by atoms with E-state index in [2.05, 4.69) is 42.3 Å². The summed E-state index contributed by atoms with van der Waals surface area (Å²) >= 11 is 0. The molecule has 1 fully saturated rings. The number of nitrogens with one attached hydrogen (secondary N) is 1. The van der Waals surface area contributed by atoms with E-state index >= 15 is 0 Å². The molecule has 2 amide bonds. The van der Waals surface area contributed by atoms with Crippen LogP contribution < -0.4 is 10.2 Å². The summed E-state index contributed by atoms with van der Waals surface area (Å²) in [6.07, 6.45) is 0.410. The zero-order valence-corrected chi connectivity index (χ0v) is 13.7. The van der Waals surface area contributed by atoms with Crippen LogP contribution in [0.2, 0.25) is 0 Å². The van der Waals surface area contributed by atoms with Crippen LogP contribution in [0.1, 0.15) is 24.5 Å². The molecular weight excluding hydrogens is 278 g/mol. The maximum absolute atomic E-state index is 12.1. The largest absolute Gasteiger partial charge is 0.368 e. The van der Waals surface area contributed by atoms with Gasteiger partial charge in [-0.3, -0.25) is 9.59 Å². The molecule has 0 unspecified atom stereocenters. The van der Waals surface area contributed by atoms with Crippen LogP contribution in [-0.4, -0.2) is 49.4 Å². The number of nitrogens with zero attached hydrogens (tertiary/aromatic N) is 2. The van der Waals surface area contributed by atoms with E-state index in [0.29, 0.717) is 19.5 Å². The van der Waals surface area contributed by atoms with E-state index < -0.39 is 0 Å². The third kappa shape index (κ3) is 3.78. The number of amides is 2. The fraction of sp³-hybridized carbons (Fsp3) is 0.529. The molecule has 0 spiro atoms. The van der Waals surface area contributed by atoms with Crippen molar-refractivity contribution in [3.8, 4) is 0 Å². The summed E-state index contributed by atoms with van der Waals surface area (Å²) in [6, 6.07) is 6.34. The van der Waals surface area contributed by atoms with Gasteiger partial charge in [0.15, 0.2) is 0 Å². The van der Waals surface area contributed by atoms with Crippen LogP contribution >= 0.6 is 0 Å². The van der Waals surface area contributed by atoms with Crippen LogP contribution in [0.5, 0.6) is 0 Å². The second-order valence-corrected chi connectivity index (χ2v) is 5.72. The molecule has 22 heavy (non-hydrogen) atoms. The van der Waals surface area contributed by atoms with Crippen molar-refractivity contribution in [3.63, 3.8) is 0 Å². The molecule has 0 aromatic heterocycles. The van der Waals surface area contributed by atoms with E-state index in [1.807, 2.05) is 4.90 Å². The lowest BCUT2D eigenvalue weighted by Gasteiger charge is -2.37. The van der Waals surface area contributed by atoms with Crippen molar-refractivity contribution in [1.29, 1.82) is 0 Å². The summed E-state index contributed by atoms with van der Waals surface area (Å²) in [6.45, 7) is 9.22. The average molecular weight is 303 g/mol. The highest BCUT2D eigenvalue weighted by Gasteiger charge is 2.22. The predicted octanol–water partition coefficient (Wildman–Crippen LogP) is 1.48. The highest BCUT2D eigenvalue weighted by Crippen LogP contribution is 2.23. The van der Waals surface area contributed by atoms with Gasteiger partial charge in [-0.15, -0.1) is 0 Å². The van der Waals surface area contributed by atoms with Crippen molar-refractivity contribution in [2.75, 3.05) is 37.6 Å². The lowest BCUT2D eigenvalue weighted by molar-refractivity contribution is -0.133. The smallest absolute Gasteiger partial charge is 0.242 e. The molecule has 0 radical (unpaired) electrons. The van der Waals surface area contributed by atoms with Crippen molar-refractivity contribution < 1.29 is 9.59 Å². The topological polar surface area (TPSA) is 52.7 Å². The lowest BCUT2D eigenvalue weighted by Crippen LogP contribution is -2.51. The zero-order valence-electron chi connectivity index (χ0n) is 13.7. The predicted molar refractivity (Wildman–Crippen MR) is 88.0 cm³/mol. The normalized spacial score (nSPS) is 14.9. The molecular formula is C17H25N3O2. The van der Waals surface area contributed by atoms with E-state index in [1.165, 1.54) is 16.8 Å². The monoisotopic (exact) mass is 303 g/mol. The number of piperazine rings is 1. The Morgan fingerprint density at radius 2 is 1.82 bits per heavy atom. The minimum Gasteiger partial charge on any atom is -0.368 e. The fourth-order valence-electron chi connectivity index (χ4n) is 2.69. The summed E-state index contributed by atoms with van der Waals surface area (Å²) < 4.78 is 0. The first-order valence-corrected chi connectivity index (χ1v) is 7.88. The van der Waals surface area contributed by atoms with Crippen LogP contribution in [0, 0.1) is 13.8 Å². The molecule has 0 bridgehead atoms. The molecule has 1 saturated heterocycles. The van der Waals surface area contributed by atoms with E-state index in [9.17, 15) is 9.59 Å². The van der Waals surface area contributed by atoms with Gasteiger partial charge in [-0.2, -0.15) is 0 Å². The molecule has 1 aliphatic rings. The second-order valence-electron chi connectivity index (χ2n) is 5.72. The summed E-state index contributed by atoms with van der Waals surface area (Å²) in [4.78, 5) is 27.5. The number of hydrogen-bond donors (Lipinski definition) is 1. The fourth-order valence-corrected chi connectivity index (χ4v) is 2.69. The Balaban J connectivity index is 1.89. The molecule has 2 rings (SSSR count). The van der Waals surface area contributed by atoms with Gasteiger partial charge in [-0.05, 0) is 31.0 Å². The van der Waals surface area contributed by atoms with Crippen LogP contribution in [0.15, 0.2) is 18.2 Å². The van der Waals surface area contributed by atoms with Crippen molar-refractivity contribution in [1.82, 2.24) is 10.2 Å². The molecule has 5 nitrogen and oxygen atoms in total. The third-order valence-corrected chi connectivity index (χ3v) is 4.31. The number of hydrogen-bond acceptors (Lipinski definition) is 3. The Bertz CT molecular complexity index is 549. The van der Waals surface area contributed by atoms with Gasteiger partial charge in [0.05, 0.1) is 6.54 Å². The van der Waals surface area contributed by atoms with Crippen molar-refractivity contribution in [3.05, 3.63) is 29.3 Å². The SMILES string of the molecule is CCC(=O)NCC(=O)N1CCN(c2cccc(C)c2C)CC1. The first-order chi connectivity index (χ1) is 10.5. The molecule has 1 heterocycles. The Labute approximate surface area is 132 Å². The van der Waals surface area contributed by atoms with Crippen molar-refractivity contribution in [2.45, 2.75) is 27.2 Å². The summed E-state index contributed by atoms with van der Waals surface area (Å²) in [7, 11) is 0. The summed E-state index contributed by atoms with van der Waals surface area (Å²) in [5, 5.41) is 2.65. The molecule has 1 aliphatic heterocycles. The van der Waals surface area contributed by atoms with E-state index in [-0.39, 0.29) is 18.4 Å². The van der Waals surface area contributed by atoms with Gasteiger partial charge >= 0.3 is 0 Å². The van der Waals surface area contributed by atoms with E-state index in [0.717, 1.165) is 13.1 Å². The standard InChI is InChI=1S/C17H25N3O2/c1-4-16(21)18-12-17(22)20-10-8-19(9-11-20)15-7-5-6-13(2)14(15)3/h5-7H,4,8-12H2,1-3H3,(H,18,21). The van der Waals surface area contributed by atoms with Gasteiger partial charge in [0.25, 0.3) is 0 Å². The van der Waals surface area contributed by atoms with Crippen molar-refractivity contribution in [2.24, 2.45) is 0 Å². The maximum Gasteiger partial charge on any atom is 0.242 e. The van der Waals surface area contributed by atoms with Crippen LogP contribution in [0.25, 0.3) is 0 Å². The molecule has 1 aromatic carbocycles. The molecule has 0 saturated carbocycles. The van der Waals surface area contributed by atoms with Gasteiger partial charge < -0.3 is 15.1 Å².